The average Bonchev–Trinajstić information content (AvgIpc) is 2.47. The van der Waals surface area contributed by atoms with Gasteiger partial charge in [-0.1, -0.05) is 12.1 Å². The number of ether oxygens (including phenoxy) is 1. The van der Waals surface area contributed by atoms with Crippen molar-refractivity contribution in [1.82, 2.24) is 0 Å². The molecule has 0 heterocycles. The zero-order valence-electron chi connectivity index (χ0n) is 11.6. The molecule has 0 spiro atoms. The van der Waals surface area contributed by atoms with Gasteiger partial charge in [0.25, 0.3) is 10.0 Å². The summed E-state index contributed by atoms with van der Waals surface area (Å²) >= 11 is 0. The number of nitrogens with zero attached hydrogens (tertiary/aromatic N) is 1. The number of benzene rings is 2. The fourth-order valence-electron chi connectivity index (χ4n) is 1.85. The van der Waals surface area contributed by atoms with E-state index >= 15 is 0 Å². The third-order valence-corrected chi connectivity index (χ3v) is 4.82. The summed E-state index contributed by atoms with van der Waals surface area (Å²) in [5.74, 6) is -0.371. The first kappa shape index (κ1) is 15.1. The highest BCUT2D eigenvalue weighted by Crippen LogP contribution is 2.29. The van der Waals surface area contributed by atoms with Crippen LogP contribution < -0.4 is 14.8 Å². The molecule has 7 heteroatoms. The maximum absolute atomic E-state index is 13.7. The smallest absolute Gasteiger partial charge is 0.264 e. The second-order valence-corrected chi connectivity index (χ2v) is 6.30. The van der Waals surface area contributed by atoms with Gasteiger partial charge in [0.1, 0.15) is 11.6 Å². The van der Waals surface area contributed by atoms with Crippen LogP contribution in [0.5, 0.6) is 5.75 Å². The molecule has 0 saturated carbocycles. The van der Waals surface area contributed by atoms with Crippen molar-refractivity contribution in [2.24, 2.45) is 0 Å². The van der Waals surface area contributed by atoms with Gasteiger partial charge in [-0.3, -0.25) is 4.31 Å². The first-order valence-corrected chi connectivity index (χ1v) is 7.49. The van der Waals surface area contributed by atoms with Gasteiger partial charge in [-0.2, -0.15) is 0 Å². The molecule has 112 valence electrons. The quantitative estimate of drug-likeness (QED) is 0.879. The Bertz CT molecular complexity index is 763. The van der Waals surface area contributed by atoms with Crippen molar-refractivity contribution in [1.29, 1.82) is 0 Å². The maximum atomic E-state index is 13.7. The number of sulfonamides is 1. The topological polar surface area (TPSA) is 72.6 Å². The van der Waals surface area contributed by atoms with E-state index in [9.17, 15) is 12.8 Å². The molecule has 0 unspecified atom stereocenters. The summed E-state index contributed by atoms with van der Waals surface area (Å²) in [6.07, 6.45) is 0. The van der Waals surface area contributed by atoms with Crippen LogP contribution in [-0.4, -0.2) is 22.6 Å². The number of nitrogens with two attached hydrogens (primary N) is 1. The number of rotatable bonds is 4. The Hall–Kier alpha value is -2.28. The van der Waals surface area contributed by atoms with Crippen LogP contribution in [0.15, 0.2) is 47.4 Å². The first-order valence-electron chi connectivity index (χ1n) is 6.05. The van der Waals surface area contributed by atoms with E-state index < -0.39 is 15.8 Å². The van der Waals surface area contributed by atoms with E-state index in [4.69, 9.17) is 10.5 Å². The van der Waals surface area contributed by atoms with Crippen molar-refractivity contribution < 1.29 is 17.5 Å². The molecule has 0 amide bonds. The fraction of sp³-hybridized carbons (Fsp3) is 0.143. The molecule has 0 aliphatic heterocycles. The van der Waals surface area contributed by atoms with Crippen LogP contribution in [0.25, 0.3) is 0 Å². The molecule has 5 nitrogen and oxygen atoms in total. The molecule has 0 saturated heterocycles. The third kappa shape index (κ3) is 2.78. The molecule has 0 aliphatic rings. The van der Waals surface area contributed by atoms with Crippen LogP contribution in [0.1, 0.15) is 0 Å². The van der Waals surface area contributed by atoms with Crippen LogP contribution >= 0.6 is 0 Å². The van der Waals surface area contributed by atoms with E-state index in [-0.39, 0.29) is 16.3 Å². The standard InChI is InChI=1S/C14H15FN2O3S/c1-17(13-6-4-3-5-11(13)15)21(18,19)10-7-8-12(16)14(9-10)20-2/h3-9H,16H2,1-2H3. The second kappa shape index (κ2) is 5.61. The maximum Gasteiger partial charge on any atom is 0.264 e. The molecular formula is C14H15FN2O3S. The highest BCUT2D eigenvalue weighted by molar-refractivity contribution is 7.92. The lowest BCUT2D eigenvalue weighted by atomic mass is 10.3. The molecule has 2 aromatic rings. The molecule has 0 atom stereocenters. The Morgan fingerprint density at radius 3 is 2.48 bits per heavy atom. The van der Waals surface area contributed by atoms with Gasteiger partial charge in [0, 0.05) is 13.1 Å². The van der Waals surface area contributed by atoms with Gasteiger partial charge in [0.2, 0.25) is 0 Å². The number of hydrogen-bond acceptors (Lipinski definition) is 4. The number of nitrogen functional groups attached to an aromatic ring is 1. The summed E-state index contributed by atoms with van der Waals surface area (Å²) in [7, 11) is -1.23. The van der Waals surface area contributed by atoms with E-state index in [1.807, 2.05) is 0 Å². The van der Waals surface area contributed by atoms with Crippen molar-refractivity contribution in [3.63, 3.8) is 0 Å². The normalized spacial score (nSPS) is 11.2. The molecule has 0 radical (unpaired) electrons. The lowest BCUT2D eigenvalue weighted by Crippen LogP contribution is -2.27. The van der Waals surface area contributed by atoms with Gasteiger partial charge in [0.15, 0.2) is 0 Å². The predicted octanol–water partition coefficient (Wildman–Crippen LogP) is 2.24. The van der Waals surface area contributed by atoms with Gasteiger partial charge in [-0.05, 0) is 24.3 Å². The average molecular weight is 310 g/mol. The number of anilines is 2. The van der Waals surface area contributed by atoms with E-state index in [2.05, 4.69) is 0 Å². The van der Waals surface area contributed by atoms with Crippen LogP contribution in [0.2, 0.25) is 0 Å². The molecule has 0 aromatic heterocycles. The van der Waals surface area contributed by atoms with Crippen LogP contribution in [0.3, 0.4) is 0 Å². The summed E-state index contributed by atoms with van der Waals surface area (Å²) in [6.45, 7) is 0. The highest BCUT2D eigenvalue weighted by atomic mass is 32.2. The zero-order valence-corrected chi connectivity index (χ0v) is 12.4. The van der Waals surface area contributed by atoms with Crippen molar-refractivity contribution in [3.8, 4) is 5.75 Å². The van der Waals surface area contributed by atoms with Gasteiger partial charge >= 0.3 is 0 Å². The Balaban J connectivity index is 2.49. The number of para-hydroxylation sites is 1. The summed E-state index contributed by atoms with van der Waals surface area (Å²) in [5, 5.41) is 0. The Morgan fingerprint density at radius 1 is 1.19 bits per heavy atom. The van der Waals surface area contributed by atoms with E-state index in [0.717, 1.165) is 4.31 Å². The van der Waals surface area contributed by atoms with E-state index in [1.54, 1.807) is 6.07 Å². The summed E-state index contributed by atoms with van der Waals surface area (Å²) in [5.41, 5.74) is 5.95. The molecule has 0 aliphatic carbocycles. The monoisotopic (exact) mass is 310 g/mol. The minimum Gasteiger partial charge on any atom is -0.495 e. The molecular weight excluding hydrogens is 295 g/mol. The predicted molar refractivity (Wildman–Crippen MR) is 79.4 cm³/mol. The fourth-order valence-corrected chi connectivity index (χ4v) is 3.07. The van der Waals surface area contributed by atoms with Crippen LogP contribution in [-0.2, 0) is 10.0 Å². The Kier molecular flexibility index (Phi) is 4.04. The highest BCUT2D eigenvalue weighted by Gasteiger charge is 2.24. The van der Waals surface area contributed by atoms with Gasteiger partial charge in [-0.15, -0.1) is 0 Å². The lowest BCUT2D eigenvalue weighted by Gasteiger charge is -2.20. The van der Waals surface area contributed by atoms with Crippen molar-refractivity contribution in [2.75, 3.05) is 24.2 Å². The number of methoxy groups -OCH3 is 1. The second-order valence-electron chi connectivity index (χ2n) is 4.33. The summed E-state index contributed by atoms with van der Waals surface area (Å²) in [4.78, 5) is -0.0284. The molecule has 2 aromatic carbocycles. The zero-order chi connectivity index (χ0) is 15.6. The van der Waals surface area contributed by atoms with Gasteiger partial charge in [0.05, 0.1) is 23.4 Å². The van der Waals surface area contributed by atoms with Gasteiger partial charge in [-0.25, -0.2) is 12.8 Å². The SMILES string of the molecule is COc1cc(S(=O)(=O)N(C)c2ccccc2F)ccc1N. The largest absolute Gasteiger partial charge is 0.495 e. The van der Waals surface area contributed by atoms with Crippen molar-refractivity contribution in [2.45, 2.75) is 4.90 Å². The molecule has 2 rings (SSSR count). The minimum absolute atomic E-state index is 0.0284. The van der Waals surface area contributed by atoms with Crippen molar-refractivity contribution in [3.05, 3.63) is 48.3 Å². The van der Waals surface area contributed by atoms with E-state index in [0.29, 0.717) is 5.69 Å². The Labute approximate surface area is 122 Å². The summed E-state index contributed by atoms with van der Waals surface area (Å²) < 4.78 is 44.7. The van der Waals surface area contributed by atoms with Crippen molar-refractivity contribution >= 4 is 21.4 Å². The number of hydrogen-bond donors (Lipinski definition) is 1. The molecule has 0 bridgehead atoms. The lowest BCUT2D eigenvalue weighted by molar-refractivity contribution is 0.415. The van der Waals surface area contributed by atoms with Crippen LogP contribution in [0.4, 0.5) is 15.8 Å². The summed E-state index contributed by atoms with van der Waals surface area (Å²) in [6, 6.07) is 9.74. The third-order valence-electron chi connectivity index (χ3n) is 3.06. The molecule has 0 fully saturated rings. The van der Waals surface area contributed by atoms with Crippen LogP contribution in [0, 0.1) is 5.82 Å². The van der Waals surface area contributed by atoms with E-state index in [1.165, 1.54) is 50.6 Å². The minimum atomic E-state index is -3.91. The molecule has 21 heavy (non-hydrogen) atoms. The first-order chi connectivity index (χ1) is 9.87. The van der Waals surface area contributed by atoms with Gasteiger partial charge < -0.3 is 10.5 Å². The number of halogens is 1. The molecule has 2 N–H and O–H groups in total. The Morgan fingerprint density at radius 2 is 1.86 bits per heavy atom.